The Morgan fingerprint density at radius 2 is 1.66 bits per heavy atom. The first-order valence-electron chi connectivity index (χ1n) is 13.6. The fraction of sp³-hybridized carbons (Fsp3) is 0.483. The third-order valence-electron chi connectivity index (χ3n) is 7.94. The highest BCUT2D eigenvalue weighted by Crippen LogP contribution is 2.42. The van der Waals surface area contributed by atoms with Gasteiger partial charge in [-0.2, -0.15) is 0 Å². The molecular weight excluding hydrogens is 519 g/mol. The molecule has 0 spiro atoms. The number of anilines is 2. The van der Waals surface area contributed by atoms with E-state index in [0.29, 0.717) is 46.3 Å². The van der Waals surface area contributed by atoms with Gasteiger partial charge in [-0.1, -0.05) is 61.3 Å². The summed E-state index contributed by atoms with van der Waals surface area (Å²) in [5.74, 6) is 2.49. The van der Waals surface area contributed by atoms with Crippen LogP contribution in [0.2, 0.25) is 10.0 Å². The summed E-state index contributed by atoms with van der Waals surface area (Å²) < 4.78 is 2.40. The van der Waals surface area contributed by atoms with Gasteiger partial charge >= 0.3 is 6.03 Å². The average molecular weight is 556 g/mol. The van der Waals surface area contributed by atoms with E-state index >= 15 is 0 Å². The molecule has 1 unspecified atom stereocenters. The van der Waals surface area contributed by atoms with Crippen LogP contribution in [0, 0.1) is 6.92 Å². The lowest BCUT2D eigenvalue weighted by Gasteiger charge is -2.40. The van der Waals surface area contributed by atoms with Gasteiger partial charge < -0.3 is 9.88 Å². The van der Waals surface area contributed by atoms with Crippen molar-refractivity contribution in [3.05, 3.63) is 70.2 Å². The zero-order valence-electron chi connectivity index (χ0n) is 22.3. The highest BCUT2D eigenvalue weighted by molar-refractivity contribution is 6.39. The van der Waals surface area contributed by atoms with Crippen molar-refractivity contribution < 1.29 is 4.79 Å². The number of para-hydroxylation sites is 2. The smallest absolute Gasteiger partial charge is 0.312 e. The molecule has 2 amide bonds. The first-order valence-corrected chi connectivity index (χ1v) is 14.3. The number of benzene rings is 2. The summed E-state index contributed by atoms with van der Waals surface area (Å²) >= 11 is 12.6. The van der Waals surface area contributed by atoms with Crippen LogP contribution in [0.25, 0.3) is 0 Å². The molecule has 2 aromatic carbocycles. The van der Waals surface area contributed by atoms with Gasteiger partial charge in [-0.15, -0.1) is 10.2 Å². The highest BCUT2D eigenvalue weighted by atomic mass is 35.5. The number of urea groups is 1. The number of nitrogens with zero attached hydrogens (tertiary/aromatic N) is 5. The number of halogens is 2. The number of hydrogen-bond donors (Lipinski definition) is 1. The van der Waals surface area contributed by atoms with Crippen molar-refractivity contribution in [3.8, 4) is 0 Å². The van der Waals surface area contributed by atoms with Gasteiger partial charge in [0.1, 0.15) is 11.6 Å². The van der Waals surface area contributed by atoms with E-state index in [9.17, 15) is 4.79 Å². The van der Waals surface area contributed by atoms with Crippen LogP contribution in [0.4, 0.5) is 16.2 Å². The second kappa shape index (κ2) is 11.6. The molecule has 3 atom stereocenters. The van der Waals surface area contributed by atoms with Crippen molar-refractivity contribution in [2.45, 2.75) is 76.9 Å². The van der Waals surface area contributed by atoms with Gasteiger partial charge in [-0.05, 0) is 63.3 Å². The minimum absolute atomic E-state index is 0.239. The van der Waals surface area contributed by atoms with Gasteiger partial charge in [0, 0.05) is 42.8 Å². The summed E-state index contributed by atoms with van der Waals surface area (Å²) in [4.78, 5) is 17.9. The Bertz CT molecular complexity index is 1230. The largest absolute Gasteiger partial charge is 0.326 e. The number of carbonyl (C=O) groups excluding carboxylic acids is 1. The predicted octanol–water partition coefficient (Wildman–Crippen LogP) is 7.31. The van der Waals surface area contributed by atoms with Crippen molar-refractivity contribution in [1.82, 2.24) is 19.7 Å². The maximum Gasteiger partial charge on any atom is 0.326 e. The van der Waals surface area contributed by atoms with Crippen molar-refractivity contribution in [2.24, 2.45) is 0 Å². The number of aryl methyl sites for hydroxylation is 1. The van der Waals surface area contributed by atoms with E-state index in [4.69, 9.17) is 23.2 Å². The minimum Gasteiger partial charge on any atom is -0.312 e. The maximum atomic E-state index is 13.4. The Balaban J connectivity index is 1.25. The molecule has 7 nitrogen and oxygen atoms in total. The first kappa shape index (κ1) is 27.0. The molecule has 2 aliphatic heterocycles. The Labute approximate surface area is 235 Å². The van der Waals surface area contributed by atoms with Crippen LogP contribution in [0.3, 0.4) is 0 Å². The molecule has 1 N–H and O–H groups in total. The number of nitrogens with one attached hydrogen (secondary N) is 1. The zero-order valence-corrected chi connectivity index (χ0v) is 23.8. The molecule has 1 aromatic heterocycles. The lowest BCUT2D eigenvalue weighted by atomic mass is 9.96. The number of carbonyl (C=O) groups is 1. The van der Waals surface area contributed by atoms with Crippen LogP contribution < -0.4 is 10.2 Å². The van der Waals surface area contributed by atoms with Crippen molar-refractivity contribution in [1.29, 1.82) is 0 Å². The summed E-state index contributed by atoms with van der Waals surface area (Å²) in [6, 6.07) is 16.3. The molecule has 3 aromatic rings. The minimum atomic E-state index is -0.239. The van der Waals surface area contributed by atoms with Crippen molar-refractivity contribution in [2.75, 3.05) is 23.3 Å². The Morgan fingerprint density at radius 3 is 2.29 bits per heavy atom. The molecule has 9 heteroatoms. The molecule has 5 rings (SSSR count). The third-order valence-corrected chi connectivity index (χ3v) is 8.57. The van der Waals surface area contributed by atoms with Crippen molar-refractivity contribution >= 4 is 40.6 Å². The highest BCUT2D eigenvalue weighted by Gasteiger charge is 2.42. The molecule has 2 saturated heterocycles. The SMILES string of the molecule is Cc1nnc(C(C)C)n1C1C[C@H]2CC[C@@H](C1)N2CCCN(C(=O)Nc1c(Cl)cccc1Cl)c1ccccc1. The van der Waals surface area contributed by atoms with E-state index in [-0.39, 0.29) is 6.03 Å². The number of rotatable bonds is 8. The van der Waals surface area contributed by atoms with Crippen LogP contribution in [-0.4, -0.2) is 50.9 Å². The summed E-state index contributed by atoms with van der Waals surface area (Å²) in [7, 11) is 0. The van der Waals surface area contributed by atoms with Crippen LogP contribution >= 0.6 is 23.2 Å². The average Bonchev–Trinajstić information content (AvgIpc) is 3.39. The van der Waals surface area contributed by atoms with E-state index in [1.165, 1.54) is 12.8 Å². The molecule has 2 bridgehead atoms. The molecule has 3 heterocycles. The second-order valence-electron chi connectivity index (χ2n) is 10.7. The molecule has 2 aliphatic rings. The molecule has 0 aliphatic carbocycles. The van der Waals surface area contributed by atoms with Gasteiger partial charge in [0.05, 0.1) is 15.7 Å². The second-order valence-corrected chi connectivity index (χ2v) is 11.6. The fourth-order valence-corrected chi connectivity index (χ4v) is 6.70. The van der Waals surface area contributed by atoms with Gasteiger partial charge in [0.2, 0.25) is 0 Å². The lowest BCUT2D eigenvalue weighted by molar-refractivity contribution is 0.104. The van der Waals surface area contributed by atoms with E-state index in [0.717, 1.165) is 43.1 Å². The van der Waals surface area contributed by atoms with Gasteiger partial charge in [0.15, 0.2) is 0 Å². The van der Waals surface area contributed by atoms with Crippen LogP contribution in [0.1, 0.15) is 69.6 Å². The Morgan fingerprint density at radius 1 is 1.00 bits per heavy atom. The van der Waals surface area contributed by atoms with Gasteiger partial charge in [-0.3, -0.25) is 9.80 Å². The maximum absolute atomic E-state index is 13.4. The molecule has 0 saturated carbocycles. The fourth-order valence-electron chi connectivity index (χ4n) is 6.21. The van der Waals surface area contributed by atoms with Crippen LogP contribution in [0.5, 0.6) is 0 Å². The third kappa shape index (κ3) is 5.56. The van der Waals surface area contributed by atoms with E-state index in [2.05, 4.69) is 45.8 Å². The first-order chi connectivity index (χ1) is 18.3. The molecule has 2 fully saturated rings. The van der Waals surface area contributed by atoms with Crippen LogP contribution in [0.15, 0.2) is 48.5 Å². The molecule has 0 radical (unpaired) electrons. The summed E-state index contributed by atoms with van der Waals surface area (Å²) in [6.45, 7) is 8.02. The zero-order chi connectivity index (χ0) is 26.8. The summed E-state index contributed by atoms with van der Waals surface area (Å²) in [5.41, 5.74) is 1.28. The summed E-state index contributed by atoms with van der Waals surface area (Å²) in [6.07, 6.45) is 5.59. The summed E-state index contributed by atoms with van der Waals surface area (Å²) in [5, 5.41) is 12.6. The Kier molecular flexibility index (Phi) is 8.26. The number of hydrogen-bond acceptors (Lipinski definition) is 4. The van der Waals surface area contributed by atoms with Crippen molar-refractivity contribution in [3.63, 3.8) is 0 Å². The Hall–Kier alpha value is -2.61. The van der Waals surface area contributed by atoms with E-state index in [1.54, 1.807) is 23.1 Å². The predicted molar refractivity (Wildman–Crippen MR) is 155 cm³/mol. The monoisotopic (exact) mass is 554 g/mol. The number of piperidine rings is 1. The normalized spacial score (nSPS) is 21.2. The van der Waals surface area contributed by atoms with Crippen LogP contribution in [-0.2, 0) is 0 Å². The number of fused-ring (bicyclic) bond motifs is 2. The standard InChI is InChI=1S/C29H36Cl2N6O/c1-19(2)28-34-33-20(3)37(28)24-17-22-13-14-23(18-24)35(22)15-8-16-36(21-9-5-4-6-10-21)29(38)32-27-25(30)11-7-12-26(27)31/h4-7,9-12,19,22-24H,8,13-18H2,1-3H3,(H,32,38)/t22-,23+,24?. The van der Waals surface area contributed by atoms with E-state index < -0.39 is 0 Å². The molecule has 202 valence electrons. The van der Waals surface area contributed by atoms with E-state index in [1.807, 2.05) is 30.3 Å². The number of aromatic nitrogens is 3. The lowest BCUT2D eigenvalue weighted by Crippen LogP contribution is -2.45. The number of amides is 2. The molecule has 38 heavy (non-hydrogen) atoms. The van der Waals surface area contributed by atoms with Gasteiger partial charge in [-0.25, -0.2) is 4.79 Å². The van der Waals surface area contributed by atoms with Gasteiger partial charge in [0.25, 0.3) is 0 Å². The quantitative estimate of drug-likeness (QED) is 0.317. The molecular formula is C29H36Cl2N6O. The topological polar surface area (TPSA) is 66.3 Å².